The van der Waals surface area contributed by atoms with Gasteiger partial charge in [0.2, 0.25) is 0 Å². The number of aromatic nitrogens is 1. The van der Waals surface area contributed by atoms with Gasteiger partial charge < -0.3 is 15.8 Å². The minimum absolute atomic E-state index is 0.0175. The topological polar surface area (TPSA) is 60.2 Å². The summed E-state index contributed by atoms with van der Waals surface area (Å²) in [6.07, 6.45) is 3.27. The molecule has 0 bridgehead atoms. The lowest BCUT2D eigenvalue weighted by molar-refractivity contribution is 0.124. The van der Waals surface area contributed by atoms with Crippen LogP contribution in [0.15, 0.2) is 6.07 Å². The molecule has 18 heavy (non-hydrogen) atoms. The number of hydrogen-bond acceptors (Lipinski definition) is 4. The van der Waals surface area contributed by atoms with Crippen LogP contribution in [0.5, 0.6) is 0 Å². The molecule has 1 aromatic rings. The number of halogens is 2. The van der Waals surface area contributed by atoms with Gasteiger partial charge in [0.1, 0.15) is 0 Å². The van der Waals surface area contributed by atoms with Crippen LogP contribution >= 0.6 is 0 Å². The molecule has 1 aromatic heterocycles. The van der Waals surface area contributed by atoms with Crippen LogP contribution in [-0.4, -0.2) is 24.7 Å². The predicted octanol–water partition coefficient (Wildman–Crippen LogP) is 2.17. The quantitative estimate of drug-likeness (QED) is 0.735. The average Bonchev–Trinajstić information content (AvgIpc) is 3.13. The van der Waals surface area contributed by atoms with Gasteiger partial charge in [-0.15, -0.1) is 0 Å². The van der Waals surface area contributed by atoms with Crippen molar-refractivity contribution in [2.45, 2.75) is 19.3 Å². The van der Waals surface area contributed by atoms with Crippen LogP contribution in [0.25, 0.3) is 0 Å². The highest BCUT2D eigenvalue weighted by atomic mass is 19.1. The molecule has 6 heteroatoms. The summed E-state index contributed by atoms with van der Waals surface area (Å²) in [5.74, 6) is -1.15. The van der Waals surface area contributed by atoms with Gasteiger partial charge in [-0.3, -0.25) is 0 Å². The van der Waals surface area contributed by atoms with E-state index < -0.39 is 11.6 Å². The Labute approximate surface area is 105 Å². The maximum atomic E-state index is 13.3. The van der Waals surface area contributed by atoms with Crippen molar-refractivity contribution in [1.29, 1.82) is 0 Å². The van der Waals surface area contributed by atoms with Crippen molar-refractivity contribution in [3.05, 3.63) is 17.7 Å². The standard InChI is InChI=1S/C12H17F2N3O/c13-9-6-10(14)12(17-11(9)15)16-4-1-5-18-7-8-2-3-8/h6,8H,1-5,7H2,(H3,15,16,17). The van der Waals surface area contributed by atoms with E-state index in [1.165, 1.54) is 12.8 Å². The zero-order valence-corrected chi connectivity index (χ0v) is 10.1. The molecular formula is C12H17F2N3O. The first-order valence-electron chi connectivity index (χ1n) is 6.10. The molecule has 1 heterocycles. The van der Waals surface area contributed by atoms with E-state index in [-0.39, 0.29) is 11.6 Å². The van der Waals surface area contributed by atoms with Crippen molar-refractivity contribution < 1.29 is 13.5 Å². The fourth-order valence-corrected chi connectivity index (χ4v) is 1.52. The lowest BCUT2D eigenvalue weighted by atomic mass is 10.4. The first-order chi connectivity index (χ1) is 8.66. The maximum absolute atomic E-state index is 13.3. The Balaban J connectivity index is 1.67. The summed E-state index contributed by atoms with van der Waals surface area (Å²) in [7, 11) is 0. The monoisotopic (exact) mass is 257 g/mol. The third-order valence-electron chi connectivity index (χ3n) is 2.76. The van der Waals surface area contributed by atoms with Crippen LogP contribution < -0.4 is 11.1 Å². The molecule has 0 amide bonds. The fourth-order valence-electron chi connectivity index (χ4n) is 1.52. The second kappa shape index (κ2) is 5.95. The molecule has 0 unspecified atom stereocenters. The zero-order valence-electron chi connectivity index (χ0n) is 10.1. The molecule has 1 aliphatic rings. The fraction of sp³-hybridized carbons (Fsp3) is 0.583. The Morgan fingerprint density at radius 1 is 1.39 bits per heavy atom. The lowest BCUT2D eigenvalue weighted by Gasteiger charge is -2.08. The van der Waals surface area contributed by atoms with Gasteiger partial charge in [-0.2, -0.15) is 0 Å². The molecule has 4 nitrogen and oxygen atoms in total. The highest BCUT2D eigenvalue weighted by Crippen LogP contribution is 2.28. The maximum Gasteiger partial charge on any atom is 0.168 e. The van der Waals surface area contributed by atoms with Crippen LogP contribution in [-0.2, 0) is 4.74 Å². The molecule has 0 aromatic carbocycles. The molecule has 0 spiro atoms. The largest absolute Gasteiger partial charge is 0.381 e. The van der Waals surface area contributed by atoms with Crippen LogP contribution in [0.4, 0.5) is 20.4 Å². The van der Waals surface area contributed by atoms with E-state index in [1.807, 2.05) is 0 Å². The number of nitrogens with two attached hydrogens (primary N) is 1. The van der Waals surface area contributed by atoms with Gasteiger partial charge in [-0.05, 0) is 25.2 Å². The summed E-state index contributed by atoms with van der Waals surface area (Å²) in [6.45, 7) is 1.96. The van der Waals surface area contributed by atoms with Crippen molar-refractivity contribution in [3.63, 3.8) is 0 Å². The SMILES string of the molecule is Nc1nc(NCCCOCC2CC2)c(F)cc1F. The summed E-state index contributed by atoms with van der Waals surface area (Å²) in [4.78, 5) is 3.60. The van der Waals surface area contributed by atoms with Crippen LogP contribution in [0.1, 0.15) is 19.3 Å². The number of pyridine rings is 1. The second-order valence-corrected chi connectivity index (χ2v) is 4.48. The summed E-state index contributed by atoms with van der Waals surface area (Å²) in [5, 5.41) is 2.77. The number of rotatable bonds is 7. The molecule has 3 N–H and O–H groups in total. The van der Waals surface area contributed by atoms with Gasteiger partial charge >= 0.3 is 0 Å². The molecule has 100 valence electrons. The van der Waals surface area contributed by atoms with Gasteiger partial charge in [0, 0.05) is 25.8 Å². The van der Waals surface area contributed by atoms with Gasteiger partial charge in [-0.1, -0.05) is 0 Å². The third-order valence-corrected chi connectivity index (χ3v) is 2.76. The van der Waals surface area contributed by atoms with E-state index in [9.17, 15) is 8.78 Å². The smallest absolute Gasteiger partial charge is 0.168 e. The first kappa shape index (κ1) is 13.0. The average molecular weight is 257 g/mol. The summed E-state index contributed by atoms with van der Waals surface area (Å²) >= 11 is 0. The molecule has 1 aliphatic carbocycles. The van der Waals surface area contributed by atoms with Crippen LogP contribution in [0.2, 0.25) is 0 Å². The lowest BCUT2D eigenvalue weighted by Crippen LogP contribution is -2.10. The van der Waals surface area contributed by atoms with Crippen molar-refractivity contribution in [3.8, 4) is 0 Å². The third kappa shape index (κ3) is 3.80. The van der Waals surface area contributed by atoms with Crippen molar-refractivity contribution in [2.75, 3.05) is 30.8 Å². The van der Waals surface area contributed by atoms with E-state index in [2.05, 4.69) is 10.3 Å². The highest BCUT2D eigenvalue weighted by Gasteiger charge is 2.20. The molecule has 1 saturated carbocycles. The Morgan fingerprint density at radius 2 is 2.17 bits per heavy atom. The molecule has 1 fully saturated rings. The van der Waals surface area contributed by atoms with Gasteiger partial charge in [0.05, 0.1) is 0 Å². The van der Waals surface area contributed by atoms with Crippen LogP contribution in [0, 0.1) is 17.6 Å². The van der Waals surface area contributed by atoms with Crippen molar-refractivity contribution in [1.82, 2.24) is 4.98 Å². The molecule has 2 rings (SSSR count). The van der Waals surface area contributed by atoms with E-state index >= 15 is 0 Å². The van der Waals surface area contributed by atoms with E-state index in [0.717, 1.165) is 25.0 Å². The van der Waals surface area contributed by atoms with E-state index in [4.69, 9.17) is 10.5 Å². The molecule has 0 saturated heterocycles. The Kier molecular flexibility index (Phi) is 4.30. The Hall–Kier alpha value is -1.43. The predicted molar refractivity (Wildman–Crippen MR) is 65.2 cm³/mol. The highest BCUT2D eigenvalue weighted by molar-refractivity contribution is 5.44. The number of nitrogen functional groups attached to an aromatic ring is 1. The number of nitrogens with one attached hydrogen (secondary N) is 1. The van der Waals surface area contributed by atoms with E-state index in [0.29, 0.717) is 13.2 Å². The van der Waals surface area contributed by atoms with Gasteiger partial charge in [-0.25, -0.2) is 13.8 Å². The van der Waals surface area contributed by atoms with Crippen molar-refractivity contribution >= 4 is 11.6 Å². The molecule has 0 atom stereocenters. The summed E-state index contributed by atoms with van der Waals surface area (Å²) < 4.78 is 31.6. The normalized spacial score (nSPS) is 14.8. The van der Waals surface area contributed by atoms with Gasteiger partial charge in [0.25, 0.3) is 0 Å². The molecular weight excluding hydrogens is 240 g/mol. The second-order valence-electron chi connectivity index (χ2n) is 4.48. The Bertz CT molecular complexity index is 411. The number of hydrogen-bond donors (Lipinski definition) is 2. The molecule has 0 aliphatic heterocycles. The summed E-state index contributed by atoms with van der Waals surface area (Å²) in [6, 6.07) is 0.730. The van der Waals surface area contributed by atoms with Crippen molar-refractivity contribution in [2.24, 2.45) is 5.92 Å². The summed E-state index contributed by atoms with van der Waals surface area (Å²) in [5.41, 5.74) is 5.26. The van der Waals surface area contributed by atoms with Gasteiger partial charge in [0.15, 0.2) is 23.3 Å². The minimum atomic E-state index is -0.842. The zero-order chi connectivity index (χ0) is 13.0. The minimum Gasteiger partial charge on any atom is -0.381 e. The number of anilines is 2. The van der Waals surface area contributed by atoms with E-state index in [1.54, 1.807) is 0 Å². The molecule has 0 radical (unpaired) electrons. The Morgan fingerprint density at radius 3 is 2.89 bits per heavy atom. The van der Waals surface area contributed by atoms with Crippen LogP contribution in [0.3, 0.4) is 0 Å². The number of nitrogens with zero attached hydrogens (tertiary/aromatic N) is 1. The number of ether oxygens (including phenoxy) is 1. The first-order valence-corrected chi connectivity index (χ1v) is 6.10.